The topological polar surface area (TPSA) is 78.5 Å². The van der Waals surface area contributed by atoms with E-state index in [1.165, 1.54) is 10.5 Å². The van der Waals surface area contributed by atoms with Gasteiger partial charge in [-0.15, -0.1) is 11.8 Å². The van der Waals surface area contributed by atoms with Crippen molar-refractivity contribution in [3.8, 4) is 0 Å². The van der Waals surface area contributed by atoms with Crippen LogP contribution in [0.1, 0.15) is 24.8 Å². The second kappa shape index (κ2) is 7.25. The summed E-state index contributed by atoms with van der Waals surface area (Å²) in [4.78, 5) is 38.0. The zero-order valence-electron chi connectivity index (χ0n) is 13.6. The number of imide groups is 1. The number of carbonyl (C=O) groups is 3. The molecule has 0 aromatic heterocycles. The predicted octanol–water partition coefficient (Wildman–Crippen LogP) is 1.68. The highest BCUT2D eigenvalue weighted by molar-refractivity contribution is 8.00. The second-order valence-corrected chi connectivity index (χ2v) is 7.53. The number of likely N-dealkylation sites (tertiary alicyclic amines) is 1. The number of amides is 4. The maximum Gasteiger partial charge on any atom is 0.322 e. The van der Waals surface area contributed by atoms with Crippen LogP contribution in [0.3, 0.4) is 0 Å². The summed E-state index contributed by atoms with van der Waals surface area (Å²) in [5.74, 6) is -0.491. The number of nitrogens with one attached hydrogen (secondary N) is 2. The zero-order chi connectivity index (χ0) is 17.1. The molecule has 24 heavy (non-hydrogen) atoms. The molecule has 128 valence electrons. The normalized spacial score (nSPS) is 21.5. The minimum Gasteiger partial charge on any atom is -0.343 e. The molecule has 2 fully saturated rings. The molecule has 6 nitrogen and oxygen atoms in total. The lowest BCUT2D eigenvalue weighted by Gasteiger charge is -2.32. The first-order chi connectivity index (χ1) is 11.5. The van der Waals surface area contributed by atoms with Crippen LogP contribution in [-0.4, -0.2) is 47.1 Å². The molecule has 0 radical (unpaired) electrons. The summed E-state index contributed by atoms with van der Waals surface area (Å²) in [6.07, 6.45) is 1.91. The highest BCUT2D eigenvalue weighted by Crippen LogP contribution is 2.32. The molecule has 2 heterocycles. The van der Waals surface area contributed by atoms with Crippen molar-refractivity contribution in [2.45, 2.75) is 42.4 Å². The number of carbonyl (C=O) groups excluding carboxylic acids is 3. The van der Waals surface area contributed by atoms with Gasteiger partial charge in [-0.1, -0.05) is 18.2 Å². The van der Waals surface area contributed by atoms with Crippen molar-refractivity contribution in [1.82, 2.24) is 15.5 Å². The van der Waals surface area contributed by atoms with Gasteiger partial charge < -0.3 is 10.2 Å². The SMILES string of the molecule is Cc1ccccc1SC1CCN(C(=O)CC2NC(=O)NC2=O)CC1. The Kier molecular flexibility index (Phi) is 5.08. The lowest BCUT2D eigenvalue weighted by molar-refractivity contribution is -0.134. The van der Waals surface area contributed by atoms with Gasteiger partial charge in [0.2, 0.25) is 5.91 Å². The minimum absolute atomic E-state index is 0.0349. The fourth-order valence-corrected chi connectivity index (χ4v) is 4.21. The fraction of sp³-hybridized carbons (Fsp3) is 0.471. The van der Waals surface area contributed by atoms with Gasteiger partial charge in [0.1, 0.15) is 6.04 Å². The number of hydrogen-bond acceptors (Lipinski definition) is 4. The Bertz CT molecular complexity index is 656. The molecule has 0 saturated carbocycles. The van der Waals surface area contributed by atoms with Crippen molar-refractivity contribution >= 4 is 29.6 Å². The first-order valence-corrected chi connectivity index (χ1v) is 9.02. The van der Waals surface area contributed by atoms with Gasteiger partial charge in [-0.25, -0.2) is 4.79 Å². The number of aryl methyl sites for hydroxylation is 1. The molecule has 4 amide bonds. The van der Waals surface area contributed by atoms with E-state index in [0.717, 1.165) is 12.8 Å². The van der Waals surface area contributed by atoms with E-state index in [2.05, 4.69) is 35.8 Å². The Morgan fingerprint density at radius 2 is 1.96 bits per heavy atom. The molecule has 0 bridgehead atoms. The quantitative estimate of drug-likeness (QED) is 0.812. The molecule has 2 saturated heterocycles. The molecule has 3 rings (SSSR count). The number of nitrogens with zero attached hydrogens (tertiary/aromatic N) is 1. The van der Waals surface area contributed by atoms with E-state index >= 15 is 0 Å². The van der Waals surface area contributed by atoms with Crippen molar-refractivity contribution < 1.29 is 14.4 Å². The molecule has 1 atom stereocenters. The van der Waals surface area contributed by atoms with Gasteiger partial charge in [-0.2, -0.15) is 0 Å². The molecular weight excluding hydrogens is 326 g/mol. The Morgan fingerprint density at radius 1 is 1.25 bits per heavy atom. The molecule has 0 aliphatic carbocycles. The highest BCUT2D eigenvalue weighted by atomic mass is 32.2. The fourth-order valence-electron chi connectivity index (χ4n) is 3.00. The number of piperidine rings is 1. The summed E-state index contributed by atoms with van der Waals surface area (Å²) in [7, 11) is 0. The van der Waals surface area contributed by atoms with Crippen LogP contribution in [-0.2, 0) is 9.59 Å². The molecular formula is C17H21N3O3S. The summed E-state index contributed by atoms with van der Waals surface area (Å²) >= 11 is 1.88. The van der Waals surface area contributed by atoms with Crippen LogP contribution < -0.4 is 10.6 Å². The number of hydrogen-bond donors (Lipinski definition) is 2. The molecule has 1 unspecified atom stereocenters. The van der Waals surface area contributed by atoms with Crippen LogP contribution in [0.15, 0.2) is 29.2 Å². The summed E-state index contributed by atoms with van der Waals surface area (Å²) < 4.78 is 0. The summed E-state index contributed by atoms with van der Waals surface area (Å²) in [6.45, 7) is 3.51. The average molecular weight is 347 g/mol. The third kappa shape index (κ3) is 3.90. The van der Waals surface area contributed by atoms with Gasteiger partial charge in [-0.3, -0.25) is 14.9 Å². The van der Waals surface area contributed by atoms with Gasteiger partial charge in [-0.05, 0) is 31.4 Å². The molecule has 2 aliphatic rings. The van der Waals surface area contributed by atoms with E-state index in [4.69, 9.17) is 0 Å². The molecule has 2 aliphatic heterocycles. The van der Waals surface area contributed by atoms with Crippen LogP contribution in [0.4, 0.5) is 4.79 Å². The van der Waals surface area contributed by atoms with Crippen molar-refractivity contribution in [1.29, 1.82) is 0 Å². The molecule has 1 aromatic carbocycles. The smallest absolute Gasteiger partial charge is 0.322 e. The van der Waals surface area contributed by atoms with Crippen LogP contribution in [0.5, 0.6) is 0 Å². The minimum atomic E-state index is -0.732. The van der Waals surface area contributed by atoms with Crippen molar-refractivity contribution in [2.75, 3.05) is 13.1 Å². The van der Waals surface area contributed by atoms with Gasteiger partial charge in [0.05, 0.1) is 6.42 Å². The monoisotopic (exact) mass is 347 g/mol. The van der Waals surface area contributed by atoms with Crippen LogP contribution >= 0.6 is 11.8 Å². The maximum atomic E-state index is 12.3. The van der Waals surface area contributed by atoms with Crippen molar-refractivity contribution in [3.05, 3.63) is 29.8 Å². The highest BCUT2D eigenvalue weighted by Gasteiger charge is 2.33. The summed E-state index contributed by atoms with van der Waals surface area (Å²) in [5.41, 5.74) is 1.28. The number of benzene rings is 1. The van der Waals surface area contributed by atoms with Crippen molar-refractivity contribution in [2.24, 2.45) is 0 Å². The lowest BCUT2D eigenvalue weighted by atomic mass is 10.1. The van der Waals surface area contributed by atoms with E-state index in [-0.39, 0.29) is 12.3 Å². The van der Waals surface area contributed by atoms with E-state index in [1.807, 2.05) is 17.8 Å². The zero-order valence-corrected chi connectivity index (χ0v) is 14.4. The third-order valence-corrected chi connectivity index (χ3v) is 5.94. The maximum absolute atomic E-state index is 12.3. The molecule has 0 spiro atoms. The summed E-state index contributed by atoms with van der Waals surface area (Å²) in [5, 5.41) is 5.13. The van der Waals surface area contributed by atoms with Crippen LogP contribution in [0.25, 0.3) is 0 Å². The Morgan fingerprint density at radius 3 is 2.58 bits per heavy atom. The molecule has 1 aromatic rings. The van der Waals surface area contributed by atoms with Gasteiger partial charge in [0.25, 0.3) is 5.91 Å². The summed E-state index contributed by atoms with van der Waals surface area (Å²) in [6, 6.07) is 7.09. The molecule has 7 heteroatoms. The number of thioether (sulfide) groups is 1. The van der Waals surface area contributed by atoms with E-state index < -0.39 is 18.0 Å². The van der Waals surface area contributed by atoms with Crippen molar-refractivity contribution in [3.63, 3.8) is 0 Å². The second-order valence-electron chi connectivity index (χ2n) is 6.18. The van der Waals surface area contributed by atoms with E-state index in [0.29, 0.717) is 18.3 Å². The first-order valence-electron chi connectivity index (χ1n) is 8.14. The largest absolute Gasteiger partial charge is 0.343 e. The number of urea groups is 1. The predicted molar refractivity (Wildman–Crippen MR) is 91.7 cm³/mol. The third-order valence-electron chi connectivity index (χ3n) is 4.42. The van der Waals surface area contributed by atoms with Gasteiger partial charge >= 0.3 is 6.03 Å². The van der Waals surface area contributed by atoms with Gasteiger partial charge in [0, 0.05) is 23.2 Å². The van der Waals surface area contributed by atoms with Gasteiger partial charge in [0.15, 0.2) is 0 Å². The Balaban J connectivity index is 1.48. The Labute approximate surface area is 145 Å². The van der Waals surface area contributed by atoms with Crippen LogP contribution in [0, 0.1) is 6.92 Å². The van der Waals surface area contributed by atoms with Crippen LogP contribution in [0.2, 0.25) is 0 Å². The molecule has 2 N–H and O–H groups in total. The average Bonchev–Trinajstić information content (AvgIpc) is 2.88. The Hall–Kier alpha value is -2.02. The van der Waals surface area contributed by atoms with E-state index in [1.54, 1.807) is 4.90 Å². The standard InChI is InChI=1S/C17H21N3O3S/c1-11-4-2-3-5-14(11)24-12-6-8-20(9-7-12)15(21)10-13-16(22)19-17(23)18-13/h2-5,12-13H,6-10H2,1H3,(H2,18,19,22,23). The number of rotatable bonds is 4. The first kappa shape index (κ1) is 16.8. The lowest BCUT2D eigenvalue weighted by Crippen LogP contribution is -2.43. The van der Waals surface area contributed by atoms with E-state index in [9.17, 15) is 14.4 Å².